The molecule has 1 unspecified atom stereocenters. The zero-order valence-electron chi connectivity index (χ0n) is 7.92. The molecule has 1 atom stereocenters. The molecule has 14 heavy (non-hydrogen) atoms. The van der Waals surface area contributed by atoms with Gasteiger partial charge >= 0.3 is 0 Å². The summed E-state index contributed by atoms with van der Waals surface area (Å²) in [6.45, 7) is 1.59. The first kappa shape index (κ1) is 9.71. The molecular formula is C11H11FOS. The molecule has 0 radical (unpaired) electrons. The van der Waals surface area contributed by atoms with E-state index >= 15 is 0 Å². The van der Waals surface area contributed by atoms with Crippen molar-refractivity contribution >= 4 is 17.5 Å². The van der Waals surface area contributed by atoms with Crippen molar-refractivity contribution in [2.75, 3.05) is 5.75 Å². The van der Waals surface area contributed by atoms with E-state index in [9.17, 15) is 9.18 Å². The average Bonchev–Trinajstić information content (AvgIpc) is 2.47. The number of hydrogen-bond donors (Lipinski definition) is 0. The second-order valence-electron chi connectivity index (χ2n) is 3.60. The summed E-state index contributed by atoms with van der Waals surface area (Å²) < 4.78 is 13.0. The fourth-order valence-electron chi connectivity index (χ4n) is 1.77. The minimum absolute atomic E-state index is 0.174. The van der Waals surface area contributed by atoms with Crippen molar-refractivity contribution in [1.82, 2.24) is 0 Å². The molecule has 0 amide bonds. The Morgan fingerprint density at radius 3 is 3.14 bits per heavy atom. The van der Waals surface area contributed by atoms with Gasteiger partial charge in [0, 0.05) is 23.0 Å². The van der Waals surface area contributed by atoms with E-state index in [0.717, 1.165) is 16.2 Å². The zero-order valence-corrected chi connectivity index (χ0v) is 8.73. The fraction of sp³-hybridized carbons (Fsp3) is 0.364. The normalized spacial score (nSPS) is 19.4. The number of rotatable bonds is 2. The van der Waals surface area contributed by atoms with Crippen LogP contribution in [0.3, 0.4) is 0 Å². The number of carbonyl (C=O) groups excluding carboxylic acids is 1. The molecule has 0 aliphatic carbocycles. The van der Waals surface area contributed by atoms with Crippen LogP contribution in [0.15, 0.2) is 23.1 Å². The predicted molar refractivity (Wildman–Crippen MR) is 55.2 cm³/mol. The number of hydrogen-bond acceptors (Lipinski definition) is 2. The highest BCUT2D eigenvalue weighted by atomic mass is 32.2. The first-order chi connectivity index (χ1) is 6.66. The third kappa shape index (κ3) is 1.82. The third-order valence-corrected chi connectivity index (χ3v) is 3.64. The van der Waals surface area contributed by atoms with Crippen LogP contribution in [0.25, 0.3) is 0 Å². The summed E-state index contributed by atoms with van der Waals surface area (Å²) in [6, 6.07) is 4.83. The summed E-state index contributed by atoms with van der Waals surface area (Å²) >= 11 is 1.71. The molecule has 2 rings (SSSR count). The Hall–Kier alpha value is -0.830. The predicted octanol–water partition coefficient (Wildman–Crippen LogP) is 2.99. The first-order valence-corrected chi connectivity index (χ1v) is 5.57. The third-order valence-electron chi connectivity index (χ3n) is 2.39. The van der Waals surface area contributed by atoms with Gasteiger partial charge < -0.3 is 4.79 Å². The molecule has 1 nitrogen and oxygen atoms in total. The van der Waals surface area contributed by atoms with E-state index < -0.39 is 0 Å². The Kier molecular flexibility index (Phi) is 2.59. The lowest BCUT2D eigenvalue weighted by Crippen LogP contribution is -2.03. The minimum Gasteiger partial charge on any atom is -0.300 e. The van der Waals surface area contributed by atoms with Crippen LogP contribution >= 0.6 is 11.8 Å². The quantitative estimate of drug-likeness (QED) is 0.746. The minimum atomic E-state index is -0.209. The molecule has 1 aromatic carbocycles. The van der Waals surface area contributed by atoms with Crippen LogP contribution in [-0.2, 0) is 4.79 Å². The SMILES string of the molecule is CC(=O)CC1CSc2ccc(F)cc21. The van der Waals surface area contributed by atoms with Gasteiger partial charge in [-0.05, 0) is 30.7 Å². The maximum absolute atomic E-state index is 13.0. The van der Waals surface area contributed by atoms with Crippen molar-refractivity contribution in [3.63, 3.8) is 0 Å². The maximum atomic E-state index is 13.0. The molecule has 74 valence electrons. The van der Waals surface area contributed by atoms with Gasteiger partial charge in [0.2, 0.25) is 0 Å². The smallest absolute Gasteiger partial charge is 0.130 e. The Labute approximate surface area is 86.7 Å². The Morgan fingerprint density at radius 2 is 2.43 bits per heavy atom. The van der Waals surface area contributed by atoms with Crippen molar-refractivity contribution in [1.29, 1.82) is 0 Å². The second-order valence-corrected chi connectivity index (χ2v) is 4.66. The zero-order chi connectivity index (χ0) is 10.1. The van der Waals surface area contributed by atoms with Gasteiger partial charge in [0.25, 0.3) is 0 Å². The van der Waals surface area contributed by atoms with E-state index in [2.05, 4.69) is 0 Å². The van der Waals surface area contributed by atoms with Crippen molar-refractivity contribution in [2.24, 2.45) is 0 Å². The standard InChI is InChI=1S/C11H11FOS/c1-7(13)4-8-6-14-11-3-2-9(12)5-10(8)11/h2-3,5,8H,4,6H2,1H3. The van der Waals surface area contributed by atoms with Crippen molar-refractivity contribution in [3.8, 4) is 0 Å². The highest BCUT2D eigenvalue weighted by Gasteiger charge is 2.24. The summed E-state index contributed by atoms with van der Waals surface area (Å²) in [6.07, 6.45) is 0.531. The number of thioether (sulfide) groups is 1. The molecule has 0 spiro atoms. The molecule has 0 bridgehead atoms. The highest BCUT2D eigenvalue weighted by molar-refractivity contribution is 7.99. The van der Waals surface area contributed by atoms with Gasteiger partial charge in [0.15, 0.2) is 0 Å². The highest BCUT2D eigenvalue weighted by Crippen LogP contribution is 2.41. The van der Waals surface area contributed by atoms with Crippen LogP contribution in [0.2, 0.25) is 0 Å². The number of carbonyl (C=O) groups is 1. The van der Waals surface area contributed by atoms with Crippen molar-refractivity contribution < 1.29 is 9.18 Å². The average molecular weight is 210 g/mol. The molecule has 1 aliphatic heterocycles. The van der Waals surface area contributed by atoms with Gasteiger partial charge in [-0.3, -0.25) is 0 Å². The van der Waals surface area contributed by atoms with Crippen LogP contribution < -0.4 is 0 Å². The maximum Gasteiger partial charge on any atom is 0.130 e. The Bertz CT molecular complexity index is 376. The van der Waals surface area contributed by atoms with E-state index in [1.54, 1.807) is 30.8 Å². The second kappa shape index (κ2) is 3.73. The number of halogens is 1. The van der Waals surface area contributed by atoms with Crippen molar-refractivity contribution in [3.05, 3.63) is 29.6 Å². The lowest BCUT2D eigenvalue weighted by atomic mass is 9.96. The summed E-state index contributed by atoms with van der Waals surface area (Å²) in [5.41, 5.74) is 1.00. The molecular weight excluding hydrogens is 199 g/mol. The number of fused-ring (bicyclic) bond motifs is 1. The number of Topliss-reactive ketones (excluding diaryl/α,β-unsaturated/α-hetero) is 1. The Balaban J connectivity index is 2.28. The molecule has 1 heterocycles. The largest absolute Gasteiger partial charge is 0.300 e. The van der Waals surface area contributed by atoms with Gasteiger partial charge in [0.1, 0.15) is 11.6 Å². The molecule has 0 saturated carbocycles. The fourth-order valence-corrected chi connectivity index (χ4v) is 3.00. The van der Waals surface area contributed by atoms with Gasteiger partial charge in [-0.15, -0.1) is 11.8 Å². The summed E-state index contributed by atoms with van der Waals surface area (Å²) in [7, 11) is 0. The summed E-state index contributed by atoms with van der Waals surface area (Å²) in [4.78, 5) is 12.1. The van der Waals surface area contributed by atoms with Crippen LogP contribution in [-0.4, -0.2) is 11.5 Å². The van der Waals surface area contributed by atoms with E-state index in [1.165, 1.54) is 6.07 Å². The molecule has 0 aromatic heterocycles. The van der Waals surface area contributed by atoms with Gasteiger partial charge in [0.05, 0.1) is 0 Å². The van der Waals surface area contributed by atoms with Crippen molar-refractivity contribution in [2.45, 2.75) is 24.2 Å². The first-order valence-electron chi connectivity index (χ1n) is 4.58. The van der Waals surface area contributed by atoms with Gasteiger partial charge in [-0.2, -0.15) is 0 Å². The van der Waals surface area contributed by atoms with Crippen LogP contribution in [0.5, 0.6) is 0 Å². The van der Waals surface area contributed by atoms with E-state index in [0.29, 0.717) is 6.42 Å². The summed E-state index contributed by atoms with van der Waals surface area (Å²) in [5.74, 6) is 1.08. The summed E-state index contributed by atoms with van der Waals surface area (Å²) in [5, 5.41) is 0. The topological polar surface area (TPSA) is 17.1 Å². The monoisotopic (exact) mass is 210 g/mol. The molecule has 0 fully saturated rings. The molecule has 1 aromatic rings. The lowest BCUT2D eigenvalue weighted by molar-refractivity contribution is -0.117. The molecule has 0 saturated heterocycles. The van der Waals surface area contributed by atoms with Gasteiger partial charge in [-0.1, -0.05) is 0 Å². The Morgan fingerprint density at radius 1 is 1.64 bits per heavy atom. The van der Waals surface area contributed by atoms with E-state index in [-0.39, 0.29) is 17.5 Å². The number of ketones is 1. The molecule has 0 N–H and O–H groups in total. The molecule has 1 aliphatic rings. The van der Waals surface area contributed by atoms with Gasteiger partial charge in [-0.25, -0.2) is 4.39 Å². The van der Waals surface area contributed by atoms with Crippen LogP contribution in [0.1, 0.15) is 24.8 Å². The number of benzene rings is 1. The van der Waals surface area contributed by atoms with Crippen LogP contribution in [0, 0.1) is 5.82 Å². The van der Waals surface area contributed by atoms with E-state index in [1.807, 2.05) is 0 Å². The lowest BCUT2D eigenvalue weighted by Gasteiger charge is -2.07. The van der Waals surface area contributed by atoms with Crippen LogP contribution in [0.4, 0.5) is 4.39 Å². The van der Waals surface area contributed by atoms with E-state index in [4.69, 9.17) is 0 Å². The molecule has 3 heteroatoms.